The molecule has 0 heterocycles. The second kappa shape index (κ2) is 11.7. The van der Waals surface area contributed by atoms with Crippen LogP contribution in [0.15, 0.2) is 76.3 Å². The van der Waals surface area contributed by atoms with Gasteiger partial charge in [-0.3, -0.25) is 4.79 Å². The molecular formula is C24H21BrN2O6. The number of aromatic carboxylic acids is 1. The lowest BCUT2D eigenvalue weighted by Crippen LogP contribution is -2.24. The lowest BCUT2D eigenvalue weighted by atomic mass is 10.1. The van der Waals surface area contributed by atoms with E-state index in [1.165, 1.54) is 19.4 Å². The standard InChI is InChI=1S/C24H21BrN2O6/c1-31-22-12-16(13-26-27-23(28)15-32-20-8-6-19(25)7-9-20)5-10-21(22)33-14-17-3-2-4-18(11-17)24(29)30/h2-13H,14-15H2,1H3,(H,27,28)(H,29,30)/b26-13-. The first-order valence-electron chi connectivity index (χ1n) is 9.78. The molecule has 0 aromatic heterocycles. The van der Waals surface area contributed by atoms with E-state index in [0.717, 1.165) is 10.0 Å². The smallest absolute Gasteiger partial charge is 0.335 e. The highest BCUT2D eigenvalue weighted by Gasteiger charge is 2.08. The molecule has 9 heteroatoms. The van der Waals surface area contributed by atoms with Crippen LogP contribution >= 0.6 is 15.9 Å². The Hall–Kier alpha value is -3.85. The van der Waals surface area contributed by atoms with Crippen molar-refractivity contribution in [2.24, 2.45) is 5.10 Å². The summed E-state index contributed by atoms with van der Waals surface area (Å²) < 4.78 is 17.4. The Bertz CT molecular complexity index is 1150. The van der Waals surface area contributed by atoms with Crippen molar-refractivity contribution in [1.82, 2.24) is 5.43 Å². The summed E-state index contributed by atoms with van der Waals surface area (Å²) in [5, 5.41) is 13.0. The number of nitrogens with one attached hydrogen (secondary N) is 1. The number of nitrogens with zero attached hydrogens (tertiary/aromatic N) is 1. The average Bonchev–Trinajstić information content (AvgIpc) is 2.83. The van der Waals surface area contributed by atoms with E-state index in [1.807, 2.05) is 12.1 Å². The van der Waals surface area contributed by atoms with Gasteiger partial charge in [0, 0.05) is 4.47 Å². The molecule has 170 valence electrons. The van der Waals surface area contributed by atoms with Crippen molar-refractivity contribution in [2.45, 2.75) is 6.61 Å². The summed E-state index contributed by atoms with van der Waals surface area (Å²) >= 11 is 3.33. The number of hydrazone groups is 1. The lowest BCUT2D eigenvalue weighted by molar-refractivity contribution is -0.123. The summed E-state index contributed by atoms with van der Waals surface area (Å²) in [7, 11) is 1.51. The van der Waals surface area contributed by atoms with Crippen LogP contribution in [0.2, 0.25) is 0 Å². The zero-order chi connectivity index (χ0) is 23.6. The van der Waals surface area contributed by atoms with Crippen LogP contribution in [-0.4, -0.2) is 36.9 Å². The quantitative estimate of drug-likeness (QED) is 0.310. The normalized spacial score (nSPS) is 10.6. The number of ether oxygens (including phenoxy) is 3. The number of rotatable bonds is 10. The summed E-state index contributed by atoms with van der Waals surface area (Å²) in [6, 6.07) is 18.8. The predicted molar refractivity (Wildman–Crippen MR) is 126 cm³/mol. The topological polar surface area (TPSA) is 106 Å². The van der Waals surface area contributed by atoms with Crippen molar-refractivity contribution in [1.29, 1.82) is 0 Å². The first-order chi connectivity index (χ1) is 15.9. The van der Waals surface area contributed by atoms with Crippen LogP contribution in [0, 0.1) is 0 Å². The Morgan fingerprint density at radius 3 is 2.55 bits per heavy atom. The molecule has 0 atom stereocenters. The van der Waals surface area contributed by atoms with Gasteiger partial charge in [0.25, 0.3) is 5.91 Å². The maximum absolute atomic E-state index is 11.9. The predicted octanol–water partition coefficient (Wildman–Crippen LogP) is 4.26. The highest BCUT2D eigenvalue weighted by Crippen LogP contribution is 2.28. The number of carbonyl (C=O) groups is 2. The molecule has 0 radical (unpaired) electrons. The van der Waals surface area contributed by atoms with Crippen molar-refractivity contribution < 1.29 is 28.9 Å². The van der Waals surface area contributed by atoms with Gasteiger partial charge in [0.15, 0.2) is 18.1 Å². The van der Waals surface area contributed by atoms with Crippen molar-refractivity contribution in [2.75, 3.05) is 13.7 Å². The number of hydrogen-bond acceptors (Lipinski definition) is 6. The Morgan fingerprint density at radius 1 is 1.03 bits per heavy atom. The van der Waals surface area contributed by atoms with E-state index in [1.54, 1.807) is 48.5 Å². The third-order valence-corrected chi connectivity index (χ3v) is 4.87. The van der Waals surface area contributed by atoms with Crippen molar-refractivity contribution >= 4 is 34.0 Å². The molecule has 0 unspecified atom stereocenters. The van der Waals surface area contributed by atoms with Crippen LogP contribution in [0.3, 0.4) is 0 Å². The van der Waals surface area contributed by atoms with Crippen LogP contribution in [0.25, 0.3) is 0 Å². The number of carboxylic acid groups (broad SMARTS) is 1. The number of methoxy groups -OCH3 is 1. The summed E-state index contributed by atoms with van der Waals surface area (Å²) in [6.45, 7) is 0.0114. The van der Waals surface area contributed by atoms with Crippen molar-refractivity contribution in [3.8, 4) is 17.2 Å². The highest BCUT2D eigenvalue weighted by atomic mass is 79.9. The number of carboxylic acids is 1. The highest BCUT2D eigenvalue weighted by molar-refractivity contribution is 9.10. The molecule has 0 aliphatic rings. The van der Waals surface area contributed by atoms with E-state index in [2.05, 4.69) is 26.5 Å². The minimum atomic E-state index is -0.995. The Kier molecular flexibility index (Phi) is 8.43. The maximum Gasteiger partial charge on any atom is 0.335 e. The SMILES string of the molecule is COc1cc(/C=N\NC(=O)COc2ccc(Br)cc2)ccc1OCc1cccc(C(=O)O)c1. The number of hydrogen-bond donors (Lipinski definition) is 2. The van der Waals surface area contributed by atoms with E-state index in [4.69, 9.17) is 19.3 Å². The van der Waals surface area contributed by atoms with Crippen LogP contribution in [0.5, 0.6) is 17.2 Å². The Balaban J connectivity index is 1.53. The molecule has 3 aromatic carbocycles. The van der Waals surface area contributed by atoms with E-state index in [9.17, 15) is 9.59 Å². The molecule has 0 aliphatic carbocycles. The first kappa shape index (κ1) is 23.8. The van der Waals surface area contributed by atoms with Gasteiger partial charge < -0.3 is 19.3 Å². The van der Waals surface area contributed by atoms with E-state index >= 15 is 0 Å². The molecule has 0 saturated carbocycles. The fourth-order valence-corrected chi connectivity index (χ4v) is 2.99. The van der Waals surface area contributed by atoms with Gasteiger partial charge in [0.2, 0.25) is 0 Å². The van der Waals surface area contributed by atoms with Crippen molar-refractivity contribution in [3.63, 3.8) is 0 Å². The fourth-order valence-electron chi connectivity index (χ4n) is 2.73. The van der Waals surface area contributed by atoms with Crippen LogP contribution in [0.4, 0.5) is 0 Å². The minimum absolute atomic E-state index is 0.169. The molecule has 0 fully saturated rings. The van der Waals surface area contributed by atoms with E-state index in [-0.39, 0.29) is 18.8 Å². The molecule has 1 amide bonds. The summed E-state index contributed by atoms with van der Waals surface area (Å²) in [4.78, 5) is 23.0. The van der Waals surface area contributed by atoms with Gasteiger partial charge >= 0.3 is 5.97 Å². The van der Waals surface area contributed by atoms with E-state index in [0.29, 0.717) is 22.8 Å². The molecule has 0 aliphatic heterocycles. The van der Waals surface area contributed by atoms with Gasteiger partial charge in [-0.1, -0.05) is 28.1 Å². The molecule has 2 N–H and O–H groups in total. The molecule has 3 aromatic rings. The average molecular weight is 513 g/mol. The second-order valence-electron chi connectivity index (χ2n) is 6.74. The van der Waals surface area contributed by atoms with Crippen LogP contribution in [-0.2, 0) is 11.4 Å². The molecule has 0 saturated heterocycles. The number of halogens is 1. The number of benzene rings is 3. The summed E-state index contributed by atoms with van der Waals surface area (Å²) in [5.41, 5.74) is 4.00. The van der Waals surface area contributed by atoms with Gasteiger partial charge in [-0.25, -0.2) is 10.2 Å². The summed E-state index contributed by atoms with van der Waals surface area (Å²) in [6.07, 6.45) is 1.47. The number of carbonyl (C=O) groups excluding carboxylic acids is 1. The molecular weight excluding hydrogens is 492 g/mol. The van der Waals surface area contributed by atoms with Gasteiger partial charge in [-0.05, 0) is 65.7 Å². The maximum atomic E-state index is 11.9. The fraction of sp³-hybridized carbons (Fsp3) is 0.125. The molecule has 33 heavy (non-hydrogen) atoms. The van der Waals surface area contributed by atoms with E-state index < -0.39 is 11.9 Å². The Morgan fingerprint density at radius 2 is 1.82 bits per heavy atom. The van der Waals surface area contributed by atoms with Crippen molar-refractivity contribution in [3.05, 3.63) is 87.9 Å². The molecule has 0 bridgehead atoms. The van der Waals surface area contributed by atoms with Gasteiger partial charge in [0.1, 0.15) is 12.4 Å². The van der Waals surface area contributed by atoms with Gasteiger partial charge in [-0.15, -0.1) is 0 Å². The summed E-state index contributed by atoms with van der Waals surface area (Å²) in [5.74, 6) is 0.141. The third kappa shape index (κ3) is 7.36. The first-order valence-corrected chi connectivity index (χ1v) is 10.6. The number of amides is 1. The van der Waals surface area contributed by atoms with Crippen LogP contribution < -0.4 is 19.6 Å². The second-order valence-corrected chi connectivity index (χ2v) is 7.66. The minimum Gasteiger partial charge on any atom is -0.493 e. The monoisotopic (exact) mass is 512 g/mol. The molecule has 0 spiro atoms. The zero-order valence-electron chi connectivity index (χ0n) is 17.7. The third-order valence-electron chi connectivity index (χ3n) is 4.34. The van der Waals surface area contributed by atoms with Crippen LogP contribution in [0.1, 0.15) is 21.5 Å². The lowest BCUT2D eigenvalue weighted by Gasteiger charge is -2.11. The van der Waals surface area contributed by atoms with Gasteiger partial charge in [-0.2, -0.15) is 5.10 Å². The Labute approximate surface area is 198 Å². The zero-order valence-corrected chi connectivity index (χ0v) is 19.2. The largest absolute Gasteiger partial charge is 0.493 e. The molecule has 3 rings (SSSR count). The van der Waals surface area contributed by atoms with Gasteiger partial charge in [0.05, 0.1) is 18.9 Å². The molecule has 8 nitrogen and oxygen atoms in total.